The lowest BCUT2D eigenvalue weighted by Crippen LogP contribution is -2.30. The second-order valence-corrected chi connectivity index (χ2v) is 9.96. The third-order valence-electron chi connectivity index (χ3n) is 6.91. The molecule has 1 fully saturated rings. The summed E-state index contributed by atoms with van der Waals surface area (Å²) < 4.78 is 80.3. The first-order valence-electron chi connectivity index (χ1n) is 13.1. The molecule has 0 aliphatic heterocycles. The van der Waals surface area contributed by atoms with Crippen LogP contribution in [0.25, 0.3) is 11.3 Å². The Balaban J connectivity index is 0.000000417. The van der Waals surface area contributed by atoms with Crippen LogP contribution < -0.4 is 5.56 Å². The summed E-state index contributed by atoms with van der Waals surface area (Å²) in [5.41, 5.74) is 0.372. The highest BCUT2D eigenvalue weighted by atomic mass is 19.4. The summed E-state index contributed by atoms with van der Waals surface area (Å²) >= 11 is 0. The zero-order valence-corrected chi connectivity index (χ0v) is 22.5. The van der Waals surface area contributed by atoms with Gasteiger partial charge in [-0.15, -0.1) is 0 Å². The van der Waals surface area contributed by atoms with Gasteiger partial charge >= 0.3 is 12.7 Å². The number of pyridine rings is 1. The van der Waals surface area contributed by atoms with Gasteiger partial charge in [0, 0.05) is 23.5 Å². The molecule has 1 saturated carbocycles. The van der Waals surface area contributed by atoms with Crippen molar-refractivity contribution in [3.8, 4) is 11.3 Å². The van der Waals surface area contributed by atoms with Crippen LogP contribution in [0.2, 0.25) is 0 Å². The molecule has 3 aromatic heterocycles. The number of rotatable bonds is 5. The number of halogens is 6. The molecule has 0 unspecified atom stereocenters. The maximum atomic E-state index is 13.5. The van der Waals surface area contributed by atoms with E-state index < -0.39 is 30.4 Å². The average molecular weight is 578 g/mol. The molecule has 6 nitrogen and oxygen atoms in total. The van der Waals surface area contributed by atoms with E-state index in [0.717, 1.165) is 54.6 Å². The number of alkyl halides is 5. The number of benzene rings is 1. The first-order chi connectivity index (χ1) is 19.4. The third kappa shape index (κ3) is 7.42. The summed E-state index contributed by atoms with van der Waals surface area (Å²) in [6, 6.07) is 10.1. The van der Waals surface area contributed by atoms with Crippen molar-refractivity contribution in [1.82, 2.24) is 24.5 Å². The van der Waals surface area contributed by atoms with Crippen LogP contribution in [-0.4, -0.2) is 24.5 Å². The highest BCUT2D eigenvalue weighted by Crippen LogP contribution is 2.34. The Hall–Kier alpha value is -3.96. The third-order valence-corrected chi connectivity index (χ3v) is 6.91. The van der Waals surface area contributed by atoms with Crippen LogP contribution in [0, 0.1) is 19.7 Å². The lowest BCUT2D eigenvalue weighted by Gasteiger charge is -2.22. The predicted octanol–water partition coefficient (Wildman–Crippen LogP) is 7.45. The van der Waals surface area contributed by atoms with Crippen molar-refractivity contribution in [3.63, 3.8) is 0 Å². The van der Waals surface area contributed by atoms with Gasteiger partial charge in [-0.25, -0.2) is 13.8 Å². The van der Waals surface area contributed by atoms with Crippen LogP contribution in [0.5, 0.6) is 0 Å². The van der Waals surface area contributed by atoms with E-state index in [2.05, 4.69) is 15.2 Å². The van der Waals surface area contributed by atoms with Crippen molar-refractivity contribution in [1.29, 1.82) is 0 Å². The minimum atomic E-state index is -4.65. The first kappa shape index (κ1) is 30.0. The zero-order valence-electron chi connectivity index (χ0n) is 22.5. The van der Waals surface area contributed by atoms with Gasteiger partial charge in [0.25, 0.3) is 5.56 Å². The minimum absolute atomic E-state index is 0.0736. The highest BCUT2D eigenvalue weighted by molar-refractivity contribution is 5.61. The summed E-state index contributed by atoms with van der Waals surface area (Å²) in [6.45, 7) is 0.0447. The Morgan fingerprint density at radius 2 is 1.73 bits per heavy atom. The Kier molecular flexibility index (Phi) is 9.29. The standard InChI is InChI=1S/C22H22F5N5O.C7H7F/c1-13-16(11-32(29-13)21(23)24)18-10-15(14-6-3-2-4-7-14)20(33)31(30-18)12-19-17(22(25,26)27)8-5-9-28-19;1-6-3-2-4-7(8)5-6/h5,8-11,14,21H,2-4,6-7,12H2,1H3;2-5H,1H3. The van der Waals surface area contributed by atoms with Gasteiger partial charge in [-0.2, -0.15) is 32.1 Å². The lowest BCUT2D eigenvalue weighted by atomic mass is 9.84. The molecule has 0 atom stereocenters. The van der Waals surface area contributed by atoms with Gasteiger partial charge in [-0.1, -0.05) is 31.4 Å². The van der Waals surface area contributed by atoms with Gasteiger partial charge in [0.05, 0.1) is 29.2 Å². The topological polar surface area (TPSA) is 65.6 Å². The van der Waals surface area contributed by atoms with Crippen LogP contribution >= 0.6 is 0 Å². The molecular formula is C29H29F6N5O. The molecule has 3 heterocycles. The molecule has 218 valence electrons. The van der Waals surface area contributed by atoms with E-state index in [1.807, 2.05) is 13.0 Å². The smallest absolute Gasteiger partial charge is 0.267 e. The van der Waals surface area contributed by atoms with E-state index in [0.29, 0.717) is 10.2 Å². The maximum Gasteiger partial charge on any atom is 0.418 e. The van der Waals surface area contributed by atoms with E-state index in [1.165, 1.54) is 31.3 Å². The number of nitrogens with zero attached hydrogens (tertiary/aromatic N) is 5. The molecule has 12 heteroatoms. The van der Waals surface area contributed by atoms with Crippen LogP contribution in [-0.2, 0) is 12.7 Å². The molecule has 1 aromatic carbocycles. The quantitative estimate of drug-likeness (QED) is 0.231. The Bertz CT molecular complexity index is 1520. The molecule has 0 bridgehead atoms. The fourth-order valence-corrected chi connectivity index (χ4v) is 4.91. The Labute approximate surface area is 232 Å². The summed E-state index contributed by atoms with van der Waals surface area (Å²) in [5.74, 6) is -0.236. The summed E-state index contributed by atoms with van der Waals surface area (Å²) in [5, 5.41) is 8.04. The van der Waals surface area contributed by atoms with Crippen molar-refractivity contribution in [2.75, 3.05) is 0 Å². The Morgan fingerprint density at radius 1 is 1.00 bits per heavy atom. The van der Waals surface area contributed by atoms with Crippen LogP contribution in [0.15, 0.2) is 59.7 Å². The molecule has 0 amide bonds. The van der Waals surface area contributed by atoms with Crippen molar-refractivity contribution >= 4 is 0 Å². The van der Waals surface area contributed by atoms with E-state index in [1.54, 1.807) is 12.1 Å². The van der Waals surface area contributed by atoms with Crippen LogP contribution in [0.1, 0.15) is 72.6 Å². The monoisotopic (exact) mass is 577 g/mol. The van der Waals surface area contributed by atoms with Crippen molar-refractivity contribution < 1.29 is 26.3 Å². The molecule has 0 radical (unpaired) electrons. The number of hydrogen-bond acceptors (Lipinski definition) is 4. The van der Waals surface area contributed by atoms with Crippen molar-refractivity contribution in [3.05, 3.63) is 99.1 Å². The molecule has 4 aromatic rings. The largest absolute Gasteiger partial charge is 0.418 e. The maximum absolute atomic E-state index is 13.5. The highest BCUT2D eigenvalue weighted by Gasteiger charge is 2.34. The van der Waals surface area contributed by atoms with E-state index in [4.69, 9.17) is 0 Å². The fourth-order valence-electron chi connectivity index (χ4n) is 4.91. The average Bonchev–Trinajstić information content (AvgIpc) is 3.32. The molecule has 0 spiro atoms. The second-order valence-electron chi connectivity index (χ2n) is 9.96. The van der Waals surface area contributed by atoms with Gasteiger partial charge in [0.2, 0.25) is 0 Å². The number of aromatic nitrogens is 5. The van der Waals surface area contributed by atoms with E-state index in [9.17, 15) is 31.1 Å². The fraction of sp³-hybridized carbons (Fsp3) is 0.379. The van der Waals surface area contributed by atoms with Crippen LogP contribution in [0.3, 0.4) is 0 Å². The minimum Gasteiger partial charge on any atom is -0.267 e. The van der Waals surface area contributed by atoms with Crippen molar-refractivity contribution in [2.24, 2.45) is 0 Å². The normalized spacial score (nSPS) is 14.2. The van der Waals surface area contributed by atoms with Crippen LogP contribution in [0.4, 0.5) is 26.3 Å². The molecular weight excluding hydrogens is 548 g/mol. The van der Waals surface area contributed by atoms with Gasteiger partial charge in [-0.05, 0) is 68.5 Å². The van der Waals surface area contributed by atoms with E-state index in [-0.39, 0.29) is 34.4 Å². The number of hydrogen-bond donors (Lipinski definition) is 0. The molecule has 1 aliphatic carbocycles. The number of aryl methyl sites for hydroxylation is 2. The first-order valence-corrected chi connectivity index (χ1v) is 13.1. The lowest BCUT2D eigenvalue weighted by molar-refractivity contribution is -0.138. The SMILES string of the molecule is Cc1cccc(F)c1.Cc1nn(C(F)F)cc1-c1cc(C2CCCCC2)c(=O)n(Cc2ncccc2C(F)(F)F)n1. The Morgan fingerprint density at radius 3 is 2.32 bits per heavy atom. The van der Waals surface area contributed by atoms with Gasteiger partial charge in [-0.3, -0.25) is 9.78 Å². The molecule has 5 rings (SSSR count). The van der Waals surface area contributed by atoms with E-state index >= 15 is 0 Å². The van der Waals surface area contributed by atoms with Gasteiger partial charge in [0.1, 0.15) is 5.82 Å². The molecule has 1 aliphatic rings. The van der Waals surface area contributed by atoms with Gasteiger partial charge < -0.3 is 0 Å². The summed E-state index contributed by atoms with van der Waals surface area (Å²) in [7, 11) is 0. The summed E-state index contributed by atoms with van der Waals surface area (Å²) in [4.78, 5) is 17.1. The zero-order chi connectivity index (χ0) is 29.7. The summed E-state index contributed by atoms with van der Waals surface area (Å²) in [6.07, 6.45) is 2.15. The molecule has 0 N–H and O–H groups in total. The second kappa shape index (κ2) is 12.7. The predicted molar refractivity (Wildman–Crippen MR) is 141 cm³/mol. The molecule has 41 heavy (non-hydrogen) atoms. The van der Waals surface area contributed by atoms with Crippen molar-refractivity contribution in [2.45, 2.75) is 71.1 Å². The van der Waals surface area contributed by atoms with Gasteiger partial charge in [0.15, 0.2) is 0 Å². The molecule has 0 saturated heterocycles.